The van der Waals surface area contributed by atoms with Crippen LogP contribution in [0.2, 0.25) is 0 Å². The largest absolute Gasteiger partial charge is 0.493 e. The summed E-state index contributed by atoms with van der Waals surface area (Å²) < 4.78 is 56.8. The fraction of sp³-hybridized carbons (Fsp3) is 0.263. The minimum atomic E-state index is -4.94. The van der Waals surface area contributed by atoms with E-state index in [4.69, 9.17) is 14.2 Å². The third-order valence-corrected chi connectivity index (χ3v) is 4.22. The van der Waals surface area contributed by atoms with Gasteiger partial charge < -0.3 is 14.2 Å². The minimum Gasteiger partial charge on any atom is -0.493 e. The highest BCUT2D eigenvalue weighted by Gasteiger charge is 2.65. The van der Waals surface area contributed by atoms with Gasteiger partial charge in [-0.3, -0.25) is 0 Å². The van der Waals surface area contributed by atoms with E-state index in [0.717, 1.165) is 0 Å². The molecule has 1 unspecified atom stereocenters. The van der Waals surface area contributed by atoms with Crippen LogP contribution in [-0.2, 0) is 16.0 Å². The van der Waals surface area contributed by atoms with Crippen LogP contribution < -0.4 is 9.47 Å². The standard InChI is InChI=1S/C19H16F3NO4/c1-25-14-9-8-12(10-15(14)26-2)11-18(19(20,21)22)17(24)27-16(23-18)13-6-4-3-5-7-13/h3-10H,11H2,1-2H3. The van der Waals surface area contributed by atoms with Crippen LogP contribution in [0.15, 0.2) is 53.5 Å². The van der Waals surface area contributed by atoms with Crippen LogP contribution in [0.1, 0.15) is 11.1 Å². The number of carbonyl (C=O) groups is 1. The summed E-state index contributed by atoms with van der Waals surface area (Å²) in [6.07, 6.45) is -5.65. The van der Waals surface area contributed by atoms with E-state index in [1.807, 2.05) is 0 Å². The van der Waals surface area contributed by atoms with Gasteiger partial charge in [-0.15, -0.1) is 0 Å². The van der Waals surface area contributed by atoms with Gasteiger partial charge in [0.2, 0.25) is 5.90 Å². The molecule has 8 heteroatoms. The van der Waals surface area contributed by atoms with Crippen molar-refractivity contribution in [3.05, 3.63) is 59.7 Å². The van der Waals surface area contributed by atoms with Crippen LogP contribution in [0.4, 0.5) is 13.2 Å². The van der Waals surface area contributed by atoms with E-state index in [0.29, 0.717) is 11.3 Å². The molecule has 0 radical (unpaired) electrons. The number of rotatable bonds is 5. The molecule has 1 aliphatic rings. The van der Waals surface area contributed by atoms with Crippen LogP contribution in [0.5, 0.6) is 11.5 Å². The Morgan fingerprint density at radius 3 is 2.30 bits per heavy atom. The quantitative estimate of drug-likeness (QED) is 0.746. The molecule has 0 saturated carbocycles. The van der Waals surface area contributed by atoms with Gasteiger partial charge in [-0.25, -0.2) is 9.79 Å². The summed E-state index contributed by atoms with van der Waals surface area (Å²) in [6.45, 7) is 0. The molecule has 0 fully saturated rings. The molecule has 0 aromatic heterocycles. The zero-order chi connectivity index (χ0) is 19.7. The summed E-state index contributed by atoms with van der Waals surface area (Å²) in [7, 11) is 2.79. The van der Waals surface area contributed by atoms with Gasteiger partial charge in [0, 0.05) is 12.0 Å². The van der Waals surface area contributed by atoms with Crippen molar-refractivity contribution in [2.75, 3.05) is 14.2 Å². The van der Waals surface area contributed by atoms with Gasteiger partial charge >= 0.3 is 12.1 Å². The second-order valence-electron chi connectivity index (χ2n) is 5.90. The lowest BCUT2D eigenvalue weighted by molar-refractivity contribution is -0.195. The van der Waals surface area contributed by atoms with E-state index in [1.165, 1.54) is 44.6 Å². The topological polar surface area (TPSA) is 57.1 Å². The Bertz CT molecular complexity index is 880. The highest BCUT2D eigenvalue weighted by Crippen LogP contribution is 2.42. The van der Waals surface area contributed by atoms with Crippen LogP contribution in [0, 0.1) is 0 Å². The number of benzene rings is 2. The number of hydrogen-bond acceptors (Lipinski definition) is 5. The second-order valence-corrected chi connectivity index (χ2v) is 5.90. The van der Waals surface area contributed by atoms with Crippen molar-refractivity contribution in [1.29, 1.82) is 0 Å². The molecule has 3 rings (SSSR count). The number of methoxy groups -OCH3 is 2. The Balaban J connectivity index is 2.04. The molecule has 1 aliphatic heterocycles. The van der Waals surface area contributed by atoms with Crippen molar-refractivity contribution in [3.8, 4) is 11.5 Å². The number of alkyl halides is 3. The van der Waals surface area contributed by atoms with Gasteiger partial charge in [-0.1, -0.05) is 24.3 Å². The highest BCUT2D eigenvalue weighted by molar-refractivity contribution is 6.08. The summed E-state index contributed by atoms with van der Waals surface area (Å²) in [5.41, 5.74) is -2.51. The lowest BCUT2D eigenvalue weighted by Crippen LogP contribution is -2.50. The molecule has 0 amide bonds. The average molecular weight is 379 g/mol. The molecule has 27 heavy (non-hydrogen) atoms. The molecular weight excluding hydrogens is 363 g/mol. The maximum atomic E-state index is 13.9. The van der Waals surface area contributed by atoms with Crippen molar-refractivity contribution in [3.63, 3.8) is 0 Å². The van der Waals surface area contributed by atoms with E-state index in [1.54, 1.807) is 18.2 Å². The molecule has 1 heterocycles. The number of carbonyl (C=O) groups excluding carboxylic acids is 1. The maximum Gasteiger partial charge on any atom is 0.424 e. The molecule has 142 valence electrons. The molecule has 0 aliphatic carbocycles. The van der Waals surface area contributed by atoms with Crippen LogP contribution in [0.3, 0.4) is 0 Å². The van der Waals surface area contributed by atoms with Gasteiger partial charge in [0.25, 0.3) is 5.54 Å². The first-order chi connectivity index (χ1) is 12.8. The molecular formula is C19H16F3NO4. The predicted molar refractivity (Wildman–Crippen MR) is 91.1 cm³/mol. The molecule has 2 aromatic carbocycles. The average Bonchev–Trinajstić information content (AvgIpc) is 3.00. The Labute approximate surface area is 153 Å². The first-order valence-electron chi connectivity index (χ1n) is 7.96. The van der Waals surface area contributed by atoms with Gasteiger partial charge in [0.05, 0.1) is 14.2 Å². The van der Waals surface area contributed by atoms with E-state index in [2.05, 4.69) is 4.99 Å². The van der Waals surface area contributed by atoms with Gasteiger partial charge in [0.15, 0.2) is 11.5 Å². The summed E-state index contributed by atoms with van der Waals surface area (Å²) in [6, 6.07) is 12.3. The lowest BCUT2D eigenvalue weighted by atomic mass is 9.91. The van der Waals surface area contributed by atoms with Crippen molar-refractivity contribution < 1.29 is 32.2 Å². The van der Waals surface area contributed by atoms with E-state index in [9.17, 15) is 18.0 Å². The second kappa shape index (κ2) is 6.94. The monoisotopic (exact) mass is 379 g/mol. The SMILES string of the molecule is COc1ccc(CC2(C(F)(F)F)N=C(c3ccccc3)OC2=O)cc1OC. The number of ether oxygens (including phenoxy) is 3. The van der Waals surface area contributed by atoms with E-state index < -0.39 is 24.1 Å². The number of hydrogen-bond donors (Lipinski definition) is 0. The molecule has 0 spiro atoms. The van der Waals surface area contributed by atoms with Crippen LogP contribution in [-0.4, -0.2) is 37.8 Å². The van der Waals surface area contributed by atoms with E-state index >= 15 is 0 Å². The first-order valence-corrected chi connectivity index (χ1v) is 7.96. The summed E-state index contributed by atoms with van der Waals surface area (Å²) in [5, 5.41) is 0. The number of nitrogens with zero attached hydrogens (tertiary/aromatic N) is 1. The zero-order valence-electron chi connectivity index (χ0n) is 14.5. The summed E-state index contributed by atoms with van der Waals surface area (Å²) in [5.74, 6) is -1.18. The normalized spacial score (nSPS) is 19.4. The Hall–Kier alpha value is -3.03. The zero-order valence-corrected chi connectivity index (χ0v) is 14.5. The minimum absolute atomic E-state index is 0.208. The fourth-order valence-corrected chi connectivity index (χ4v) is 2.80. The van der Waals surface area contributed by atoms with Crippen molar-refractivity contribution in [2.24, 2.45) is 4.99 Å². The van der Waals surface area contributed by atoms with Crippen LogP contribution in [0.25, 0.3) is 0 Å². The summed E-state index contributed by atoms with van der Waals surface area (Å²) >= 11 is 0. The van der Waals surface area contributed by atoms with Crippen LogP contribution >= 0.6 is 0 Å². The molecule has 0 saturated heterocycles. The molecule has 2 aromatic rings. The fourth-order valence-electron chi connectivity index (χ4n) is 2.80. The van der Waals surface area contributed by atoms with Crippen molar-refractivity contribution >= 4 is 11.9 Å². The van der Waals surface area contributed by atoms with Gasteiger partial charge in [0.1, 0.15) is 0 Å². The van der Waals surface area contributed by atoms with Crippen molar-refractivity contribution in [2.45, 2.75) is 18.1 Å². The molecule has 5 nitrogen and oxygen atoms in total. The highest BCUT2D eigenvalue weighted by atomic mass is 19.4. The summed E-state index contributed by atoms with van der Waals surface area (Å²) in [4.78, 5) is 16.0. The third-order valence-electron chi connectivity index (χ3n) is 4.22. The molecule has 0 bridgehead atoms. The predicted octanol–water partition coefficient (Wildman–Crippen LogP) is 3.55. The molecule has 0 N–H and O–H groups in total. The molecule has 1 atom stereocenters. The number of esters is 1. The van der Waals surface area contributed by atoms with Gasteiger partial charge in [-0.05, 0) is 29.8 Å². The van der Waals surface area contributed by atoms with Crippen molar-refractivity contribution in [1.82, 2.24) is 0 Å². The smallest absolute Gasteiger partial charge is 0.424 e. The number of halogens is 3. The van der Waals surface area contributed by atoms with E-state index in [-0.39, 0.29) is 17.2 Å². The Morgan fingerprint density at radius 1 is 1.04 bits per heavy atom. The lowest BCUT2D eigenvalue weighted by Gasteiger charge is -2.25. The number of cyclic esters (lactones) is 1. The first kappa shape index (κ1) is 18.8. The van der Waals surface area contributed by atoms with Gasteiger partial charge in [-0.2, -0.15) is 13.2 Å². The third kappa shape index (κ3) is 3.34. The Morgan fingerprint density at radius 2 is 1.70 bits per heavy atom. The maximum absolute atomic E-state index is 13.9. The number of aliphatic imine (C=N–C) groups is 1. The Kier molecular flexibility index (Phi) is 4.82.